The van der Waals surface area contributed by atoms with Crippen LogP contribution < -0.4 is 16.0 Å². The number of carbonyl (C=O) groups is 1. The van der Waals surface area contributed by atoms with Crippen LogP contribution in [-0.4, -0.2) is 29.5 Å². The van der Waals surface area contributed by atoms with Gasteiger partial charge in [-0.05, 0) is 38.9 Å². The Hall–Kier alpha value is -1.62. The van der Waals surface area contributed by atoms with E-state index in [0.29, 0.717) is 18.9 Å². The van der Waals surface area contributed by atoms with E-state index in [1.165, 1.54) is 0 Å². The van der Waals surface area contributed by atoms with Gasteiger partial charge in [0.25, 0.3) is 0 Å². The number of nitrogens with two attached hydrogens (primary N) is 1. The number of carbonyl (C=O) groups excluding carboxylic acids is 1. The predicted molar refractivity (Wildman–Crippen MR) is 68.0 cm³/mol. The van der Waals surface area contributed by atoms with Gasteiger partial charge in [-0.1, -0.05) is 0 Å². The van der Waals surface area contributed by atoms with Crippen molar-refractivity contribution in [2.45, 2.75) is 25.8 Å². The van der Waals surface area contributed by atoms with E-state index in [2.05, 4.69) is 29.0 Å². The van der Waals surface area contributed by atoms with E-state index >= 15 is 0 Å². The van der Waals surface area contributed by atoms with Crippen LogP contribution in [0.3, 0.4) is 0 Å². The quantitative estimate of drug-likeness (QED) is 0.817. The third kappa shape index (κ3) is 2.24. The van der Waals surface area contributed by atoms with Gasteiger partial charge in [-0.15, -0.1) is 0 Å². The number of nitrogens with one attached hydrogen (secondary N) is 1. The van der Waals surface area contributed by atoms with E-state index in [1.807, 2.05) is 12.1 Å². The smallest absolute Gasteiger partial charge is 0.245 e. The molecule has 0 aromatic carbocycles. The Kier molecular flexibility index (Phi) is 3.02. The van der Waals surface area contributed by atoms with Crippen LogP contribution in [0.15, 0.2) is 18.3 Å². The van der Waals surface area contributed by atoms with Crippen molar-refractivity contribution in [2.75, 3.05) is 23.3 Å². The van der Waals surface area contributed by atoms with Gasteiger partial charge in [0.15, 0.2) is 5.82 Å². The van der Waals surface area contributed by atoms with Crippen LogP contribution in [0.1, 0.15) is 20.3 Å². The molecule has 1 amide bonds. The highest BCUT2D eigenvalue weighted by atomic mass is 16.2. The molecule has 5 nitrogen and oxygen atoms in total. The molecule has 0 spiro atoms. The fraction of sp³-hybridized carbons (Fsp3) is 0.500. The van der Waals surface area contributed by atoms with Crippen LogP contribution in [0, 0.1) is 0 Å². The number of amides is 1. The van der Waals surface area contributed by atoms with Crippen molar-refractivity contribution in [1.82, 2.24) is 4.98 Å². The first-order chi connectivity index (χ1) is 8.04. The monoisotopic (exact) mass is 234 g/mol. The van der Waals surface area contributed by atoms with E-state index in [9.17, 15) is 4.79 Å². The lowest BCUT2D eigenvalue weighted by Crippen LogP contribution is -2.51. The SMILES string of the molecule is CC(C)(CCN)N1CC(=O)Nc2ncccc21. The fourth-order valence-electron chi connectivity index (χ4n) is 2.14. The van der Waals surface area contributed by atoms with E-state index in [1.54, 1.807) is 6.20 Å². The average Bonchev–Trinajstić information content (AvgIpc) is 2.27. The van der Waals surface area contributed by atoms with Gasteiger partial charge in [0, 0.05) is 11.7 Å². The normalized spacial score (nSPS) is 15.5. The maximum absolute atomic E-state index is 11.7. The molecule has 0 radical (unpaired) electrons. The second-order valence-electron chi connectivity index (χ2n) is 4.86. The molecule has 2 rings (SSSR count). The molecule has 17 heavy (non-hydrogen) atoms. The summed E-state index contributed by atoms with van der Waals surface area (Å²) < 4.78 is 0. The van der Waals surface area contributed by atoms with Gasteiger partial charge in [0.05, 0.1) is 12.2 Å². The number of hydrogen-bond acceptors (Lipinski definition) is 4. The number of aromatic nitrogens is 1. The zero-order valence-electron chi connectivity index (χ0n) is 10.2. The molecule has 0 unspecified atom stereocenters. The predicted octanol–water partition coefficient (Wildman–Crippen LogP) is 0.968. The van der Waals surface area contributed by atoms with E-state index in [-0.39, 0.29) is 11.4 Å². The molecule has 1 aliphatic rings. The van der Waals surface area contributed by atoms with Crippen molar-refractivity contribution >= 4 is 17.4 Å². The molecule has 1 aromatic rings. The summed E-state index contributed by atoms with van der Waals surface area (Å²) in [6.45, 7) is 5.14. The van der Waals surface area contributed by atoms with Gasteiger partial charge in [0.1, 0.15) is 0 Å². The van der Waals surface area contributed by atoms with Crippen molar-refractivity contribution in [1.29, 1.82) is 0 Å². The minimum absolute atomic E-state index is 0.0266. The summed E-state index contributed by atoms with van der Waals surface area (Å²) in [6, 6.07) is 3.85. The Morgan fingerprint density at radius 1 is 1.59 bits per heavy atom. The number of fused-ring (bicyclic) bond motifs is 1. The summed E-state index contributed by atoms with van der Waals surface area (Å²) in [5.74, 6) is 0.607. The minimum Gasteiger partial charge on any atom is -0.354 e. The Labute approximate surface area is 101 Å². The highest BCUT2D eigenvalue weighted by molar-refractivity contribution is 6.00. The minimum atomic E-state index is -0.149. The maximum Gasteiger partial charge on any atom is 0.245 e. The molecule has 0 saturated carbocycles. The summed E-state index contributed by atoms with van der Waals surface area (Å²) in [4.78, 5) is 17.9. The summed E-state index contributed by atoms with van der Waals surface area (Å²) in [7, 11) is 0. The fourth-order valence-corrected chi connectivity index (χ4v) is 2.14. The number of rotatable bonds is 3. The lowest BCUT2D eigenvalue weighted by molar-refractivity contribution is -0.115. The molecule has 1 aromatic heterocycles. The van der Waals surface area contributed by atoms with Crippen LogP contribution in [0.25, 0.3) is 0 Å². The van der Waals surface area contributed by atoms with Crippen molar-refractivity contribution in [3.8, 4) is 0 Å². The van der Waals surface area contributed by atoms with Crippen molar-refractivity contribution in [3.05, 3.63) is 18.3 Å². The van der Waals surface area contributed by atoms with Crippen LogP contribution in [0.2, 0.25) is 0 Å². The molecule has 5 heteroatoms. The summed E-state index contributed by atoms with van der Waals surface area (Å²) in [5.41, 5.74) is 6.45. The first kappa shape index (κ1) is 11.9. The maximum atomic E-state index is 11.7. The Morgan fingerprint density at radius 3 is 3.06 bits per heavy atom. The van der Waals surface area contributed by atoms with Gasteiger partial charge >= 0.3 is 0 Å². The summed E-state index contributed by atoms with van der Waals surface area (Å²) in [6.07, 6.45) is 2.51. The van der Waals surface area contributed by atoms with E-state index in [0.717, 1.165) is 12.1 Å². The third-order valence-corrected chi connectivity index (χ3v) is 3.12. The second kappa shape index (κ2) is 4.33. The van der Waals surface area contributed by atoms with E-state index in [4.69, 9.17) is 5.73 Å². The number of hydrogen-bond donors (Lipinski definition) is 2. The highest BCUT2D eigenvalue weighted by Crippen LogP contribution is 2.33. The second-order valence-corrected chi connectivity index (χ2v) is 4.86. The van der Waals surface area contributed by atoms with Crippen molar-refractivity contribution in [2.24, 2.45) is 5.73 Å². The van der Waals surface area contributed by atoms with Gasteiger partial charge in [0.2, 0.25) is 5.91 Å². The topological polar surface area (TPSA) is 71.2 Å². The van der Waals surface area contributed by atoms with Gasteiger partial charge in [-0.25, -0.2) is 4.98 Å². The molecule has 0 aliphatic carbocycles. The zero-order valence-corrected chi connectivity index (χ0v) is 10.2. The zero-order chi connectivity index (χ0) is 12.5. The average molecular weight is 234 g/mol. The lowest BCUT2D eigenvalue weighted by Gasteiger charge is -2.42. The van der Waals surface area contributed by atoms with Gasteiger partial charge in [-0.3, -0.25) is 4.79 Å². The van der Waals surface area contributed by atoms with Gasteiger partial charge in [-0.2, -0.15) is 0 Å². The van der Waals surface area contributed by atoms with Crippen LogP contribution >= 0.6 is 0 Å². The molecule has 3 N–H and O–H groups in total. The molecule has 0 saturated heterocycles. The number of nitrogens with zero attached hydrogens (tertiary/aromatic N) is 2. The Bertz CT molecular complexity index is 430. The van der Waals surface area contributed by atoms with E-state index < -0.39 is 0 Å². The standard InChI is InChI=1S/C12H18N4O/c1-12(2,5-6-13)16-8-10(17)15-11-9(16)4-3-7-14-11/h3-4,7H,5-6,8,13H2,1-2H3,(H,14,15,17). The number of pyridine rings is 1. The Morgan fingerprint density at radius 2 is 2.35 bits per heavy atom. The molecule has 0 fully saturated rings. The molecular weight excluding hydrogens is 216 g/mol. The third-order valence-electron chi connectivity index (χ3n) is 3.12. The molecule has 0 atom stereocenters. The molecular formula is C12H18N4O. The molecule has 1 aliphatic heterocycles. The lowest BCUT2D eigenvalue weighted by atomic mass is 9.96. The van der Waals surface area contributed by atoms with Crippen LogP contribution in [0.5, 0.6) is 0 Å². The molecule has 2 heterocycles. The van der Waals surface area contributed by atoms with Crippen LogP contribution in [-0.2, 0) is 4.79 Å². The Balaban J connectivity index is 2.39. The molecule has 92 valence electrons. The first-order valence-electron chi connectivity index (χ1n) is 5.77. The summed E-state index contributed by atoms with van der Waals surface area (Å²) >= 11 is 0. The summed E-state index contributed by atoms with van der Waals surface area (Å²) in [5, 5.41) is 2.78. The highest BCUT2D eigenvalue weighted by Gasteiger charge is 2.33. The first-order valence-corrected chi connectivity index (χ1v) is 5.77. The van der Waals surface area contributed by atoms with Crippen LogP contribution in [0.4, 0.5) is 11.5 Å². The van der Waals surface area contributed by atoms with Crippen molar-refractivity contribution < 1.29 is 4.79 Å². The number of anilines is 2. The van der Waals surface area contributed by atoms with Crippen molar-refractivity contribution in [3.63, 3.8) is 0 Å². The molecule has 0 bridgehead atoms. The largest absolute Gasteiger partial charge is 0.354 e. The van der Waals surface area contributed by atoms with Gasteiger partial charge < -0.3 is 16.0 Å².